The number of nitrogens with one attached hydrogen (secondary N) is 1. The van der Waals surface area contributed by atoms with Gasteiger partial charge in [0.1, 0.15) is 6.04 Å². The van der Waals surface area contributed by atoms with E-state index < -0.39 is 12.0 Å². The fraction of sp³-hybridized carbons (Fsp3) is 0.818. The zero-order valence-electron chi connectivity index (χ0n) is 9.46. The number of rotatable bonds is 2. The van der Waals surface area contributed by atoms with Gasteiger partial charge in [0.15, 0.2) is 0 Å². The van der Waals surface area contributed by atoms with Gasteiger partial charge >= 0.3 is 5.97 Å². The Morgan fingerprint density at radius 1 is 1.35 bits per heavy atom. The van der Waals surface area contributed by atoms with Crippen molar-refractivity contribution in [3.63, 3.8) is 0 Å². The highest BCUT2D eigenvalue weighted by molar-refractivity contribution is 7.99. The summed E-state index contributed by atoms with van der Waals surface area (Å²) in [4.78, 5) is 25.0. The number of carboxylic acids is 1. The molecule has 4 unspecified atom stereocenters. The van der Waals surface area contributed by atoms with Crippen LogP contribution in [0.5, 0.6) is 0 Å². The van der Waals surface area contributed by atoms with Crippen LogP contribution < -0.4 is 5.32 Å². The molecule has 1 amide bonds. The molecule has 5 nitrogen and oxygen atoms in total. The van der Waals surface area contributed by atoms with Crippen LogP contribution in [-0.2, 0) is 9.59 Å². The second-order valence-electron chi connectivity index (χ2n) is 5.05. The number of carbonyl (C=O) groups is 2. The quantitative estimate of drug-likeness (QED) is 0.734. The van der Waals surface area contributed by atoms with Gasteiger partial charge < -0.3 is 15.3 Å². The molecule has 3 rings (SSSR count). The average molecular weight is 256 g/mol. The monoisotopic (exact) mass is 256 g/mol. The van der Waals surface area contributed by atoms with Crippen LogP contribution in [0.1, 0.15) is 19.3 Å². The van der Waals surface area contributed by atoms with Crippen LogP contribution in [0, 0.1) is 5.92 Å². The summed E-state index contributed by atoms with van der Waals surface area (Å²) in [6.07, 6.45) is 3.10. The molecule has 0 aromatic heterocycles. The predicted octanol–water partition coefficient (Wildman–Crippen LogP) is 0.113. The Morgan fingerprint density at radius 2 is 2.18 bits per heavy atom. The van der Waals surface area contributed by atoms with Crippen molar-refractivity contribution in [2.45, 2.75) is 37.4 Å². The molecule has 0 aliphatic carbocycles. The van der Waals surface area contributed by atoms with Crippen molar-refractivity contribution in [1.82, 2.24) is 10.2 Å². The first-order chi connectivity index (χ1) is 8.16. The summed E-state index contributed by atoms with van der Waals surface area (Å²) in [5.74, 6) is 0.231. The zero-order valence-corrected chi connectivity index (χ0v) is 10.3. The fourth-order valence-corrected chi connectivity index (χ4v) is 4.33. The van der Waals surface area contributed by atoms with Gasteiger partial charge in [0, 0.05) is 17.8 Å². The highest BCUT2D eigenvalue weighted by Crippen LogP contribution is 2.36. The molecule has 4 atom stereocenters. The molecule has 0 saturated carbocycles. The number of amides is 1. The molecule has 94 valence electrons. The van der Waals surface area contributed by atoms with Crippen LogP contribution in [0.25, 0.3) is 0 Å². The van der Waals surface area contributed by atoms with Crippen molar-refractivity contribution in [3.05, 3.63) is 0 Å². The van der Waals surface area contributed by atoms with Crippen LogP contribution in [0.15, 0.2) is 0 Å². The molecule has 3 aliphatic heterocycles. The third-order valence-electron chi connectivity index (χ3n) is 4.07. The molecule has 3 heterocycles. The van der Waals surface area contributed by atoms with Gasteiger partial charge in [0.25, 0.3) is 0 Å². The van der Waals surface area contributed by atoms with E-state index in [0.29, 0.717) is 17.7 Å². The molecule has 0 aromatic carbocycles. The first kappa shape index (κ1) is 11.3. The third kappa shape index (κ3) is 1.83. The van der Waals surface area contributed by atoms with E-state index in [1.165, 1.54) is 11.8 Å². The van der Waals surface area contributed by atoms with Gasteiger partial charge in [-0.05, 0) is 19.3 Å². The van der Waals surface area contributed by atoms with Gasteiger partial charge in [0.05, 0.1) is 11.8 Å². The molecule has 17 heavy (non-hydrogen) atoms. The van der Waals surface area contributed by atoms with Gasteiger partial charge in [-0.3, -0.25) is 4.79 Å². The molecule has 0 radical (unpaired) electrons. The van der Waals surface area contributed by atoms with Gasteiger partial charge in [0.2, 0.25) is 5.91 Å². The van der Waals surface area contributed by atoms with Gasteiger partial charge in [-0.2, -0.15) is 0 Å². The molecule has 2 N–H and O–H groups in total. The third-order valence-corrected chi connectivity index (χ3v) is 5.08. The number of fused-ring (bicyclic) bond motifs is 2. The van der Waals surface area contributed by atoms with E-state index in [1.54, 1.807) is 4.90 Å². The maximum Gasteiger partial charge on any atom is 0.327 e. The first-order valence-corrected chi connectivity index (χ1v) is 7.19. The number of carboxylic acid groups (broad SMARTS) is 1. The Hall–Kier alpha value is -0.750. The second kappa shape index (κ2) is 4.17. The Kier molecular flexibility index (Phi) is 2.78. The standard InChI is InChI=1S/C11H16N2O3S/c14-10(7-3-6-1-2-8(7)12-6)13-5-17-4-9(13)11(15)16/h6-9,12H,1-5H2,(H,15,16). The Morgan fingerprint density at radius 3 is 2.76 bits per heavy atom. The van der Waals surface area contributed by atoms with Gasteiger partial charge in [-0.15, -0.1) is 11.8 Å². The highest BCUT2D eigenvalue weighted by atomic mass is 32.2. The summed E-state index contributed by atoms with van der Waals surface area (Å²) in [7, 11) is 0. The number of hydrogen-bond acceptors (Lipinski definition) is 4. The summed E-state index contributed by atoms with van der Waals surface area (Å²) in [5, 5.41) is 12.5. The van der Waals surface area contributed by atoms with Gasteiger partial charge in [-0.1, -0.05) is 0 Å². The van der Waals surface area contributed by atoms with E-state index in [9.17, 15) is 9.59 Å². The minimum absolute atomic E-state index is 0.00861. The summed E-state index contributed by atoms with van der Waals surface area (Å²) >= 11 is 1.53. The van der Waals surface area contributed by atoms with E-state index in [4.69, 9.17) is 5.11 Å². The number of hydrogen-bond donors (Lipinski definition) is 2. The summed E-state index contributed by atoms with van der Waals surface area (Å²) in [5.41, 5.74) is 0. The molecular weight excluding hydrogens is 240 g/mol. The maximum atomic E-state index is 12.4. The molecule has 6 heteroatoms. The van der Waals surface area contributed by atoms with Crippen LogP contribution >= 0.6 is 11.8 Å². The predicted molar refractivity (Wildman–Crippen MR) is 63.6 cm³/mol. The summed E-state index contributed by atoms with van der Waals surface area (Å²) in [6.45, 7) is 0. The van der Waals surface area contributed by atoms with Crippen LogP contribution in [0.3, 0.4) is 0 Å². The first-order valence-electron chi connectivity index (χ1n) is 6.04. The lowest BCUT2D eigenvalue weighted by Gasteiger charge is -2.27. The largest absolute Gasteiger partial charge is 0.480 e. The normalized spacial score (nSPS) is 39.9. The summed E-state index contributed by atoms with van der Waals surface area (Å²) in [6, 6.07) is 0.145. The van der Waals surface area contributed by atoms with Crippen molar-refractivity contribution in [3.8, 4) is 0 Å². The lowest BCUT2D eigenvalue weighted by Crippen LogP contribution is -2.47. The lowest BCUT2D eigenvalue weighted by atomic mass is 9.88. The average Bonchev–Trinajstić information content (AvgIpc) is 3.02. The number of aliphatic carboxylic acids is 1. The van der Waals surface area contributed by atoms with Crippen molar-refractivity contribution < 1.29 is 14.7 Å². The molecule has 3 fully saturated rings. The van der Waals surface area contributed by atoms with Crippen LogP contribution in [0.4, 0.5) is 0 Å². The van der Waals surface area contributed by atoms with E-state index in [-0.39, 0.29) is 17.9 Å². The Bertz CT molecular complexity index is 363. The SMILES string of the molecule is O=C(O)C1CSCN1C(=O)C1CC2CCC1N2. The second-order valence-corrected chi connectivity index (χ2v) is 6.05. The smallest absolute Gasteiger partial charge is 0.327 e. The molecule has 0 aromatic rings. The minimum Gasteiger partial charge on any atom is -0.480 e. The Balaban J connectivity index is 1.71. The van der Waals surface area contributed by atoms with Crippen LogP contribution in [0.2, 0.25) is 0 Å². The molecule has 3 aliphatic rings. The number of thioether (sulfide) groups is 1. The lowest BCUT2D eigenvalue weighted by molar-refractivity contribution is -0.149. The zero-order chi connectivity index (χ0) is 12.0. The van der Waals surface area contributed by atoms with Crippen molar-refractivity contribution in [1.29, 1.82) is 0 Å². The number of nitrogens with zero attached hydrogens (tertiary/aromatic N) is 1. The van der Waals surface area contributed by atoms with Crippen molar-refractivity contribution in [2.75, 3.05) is 11.6 Å². The maximum absolute atomic E-state index is 12.4. The summed E-state index contributed by atoms with van der Waals surface area (Å²) < 4.78 is 0. The van der Waals surface area contributed by atoms with Crippen molar-refractivity contribution >= 4 is 23.6 Å². The van der Waals surface area contributed by atoms with Crippen molar-refractivity contribution in [2.24, 2.45) is 5.92 Å². The van der Waals surface area contributed by atoms with E-state index in [2.05, 4.69) is 5.32 Å². The number of carbonyl (C=O) groups excluding carboxylic acids is 1. The van der Waals surface area contributed by atoms with E-state index in [0.717, 1.165) is 19.3 Å². The molecule has 3 saturated heterocycles. The van der Waals surface area contributed by atoms with E-state index >= 15 is 0 Å². The van der Waals surface area contributed by atoms with Gasteiger partial charge in [-0.25, -0.2) is 4.79 Å². The molecule has 2 bridgehead atoms. The fourth-order valence-electron chi connectivity index (χ4n) is 3.17. The topological polar surface area (TPSA) is 69.6 Å². The molecule has 0 spiro atoms. The highest BCUT2D eigenvalue weighted by Gasteiger charge is 2.46. The Labute approximate surface area is 104 Å². The van der Waals surface area contributed by atoms with E-state index in [1.807, 2.05) is 0 Å². The molecular formula is C11H16N2O3S. The minimum atomic E-state index is -0.875. The van der Waals surface area contributed by atoms with Crippen LogP contribution in [-0.4, -0.2) is 51.6 Å².